The number of pyridine rings is 1. The van der Waals surface area contributed by atoms with Crippen LogP contribution in [0.2, 0.25) is 0 Å². The van der Waals surface area contributed by atoms with Crippen LogP contribution >= 0.6 is 0 Å². The van der Waals surface area contributed by atoms with Gasteiger partial charge in [0.05, 0.1) is 24.1 Å². The van der Waals surface area contributed by atoms with E-state index in [1.54, 1.807) is 24.4 Å². The minimum Gasteiger partial charge on any atom is -0.383 e. The van der Waals surface area contributed by atoms with Crippen molar-refractivity contribution in [1.82, 2.24) is 15.2 Å². The topological polar surface area (TPSA) is 74.8 Å². The fourth-order valence-electron chi connectivity index (χ4n) is 2.18. The number of hydrogen-bond donors (Lipinski definition) is 1. The van der Waals surface area contributed by atoms with Crippen LogP contribution in [0.3, 0.4) is 0 Å². The Morgan fingerprint density at radius 2 is 2.14 bits per heavy atom. The van der Waals surface area contributed by atoms with Gasteiger partial charge in [-0.25, -0.2) is 0 Å². The maximum atomic E-state index is 12.0. The fourth-order valence-corrected chi connectivity index (χ4v) is 2.18. The first-order valence-corrected chi connectivity index (χ1v) is 6.91. The van der Waals surface area contributed by atoms with Crippen molar-refractivity contribution < 1.29 is 14.3 Å². The van der Waals surface area contributed by atoms with Crippen molar-refractivity contribution in [2.24, 2.45) is 0 Å². The van der Waals surface area contributed by atoms with Gasteiger partial charge in [0.25, 0.3) is 5.91 Å². The number of anilines is 1. The van der Waals surface area contributed by atoms with Crippen molar-refractivity contribution in [3.63, 3.8) is 0 Å². The van der Waals surface area contributed by atoms with E-state index in [0.29, 0.717) is 31.8 Å². The molecule has 1 aliphatic rings. The second-order valence-corrected chi connectivity index (χ2v) is 4.81. The summed E-state index contributed by atoms with van der Waals surface area (Å²) in [7, 11) is 1.59. The number of aromatic nitrogens is 1. The summed E-state index contributed by atoms with van der Waals surface area (Å²) in [6.07, 6.45) is 4.16. The molecular weight excluding hydrogens is 272 g/mol. The van der Waals surface area contributed by atoms with Crippen LogP contribution in [0, 0.1) is 0 Å². The molecule has 1 N–H and O–H groups in total. The molecule has 0 unspecified atom stereocenters. The number of carbonyl (C=O) groups excluding carboxylic acids is 2. The van der Waals surface area contributed by atoms with Gasteiger partial charge in [-0.3, -0.25) is 14.6 Å². The molecule has 0 atom stereocenters. The Hall–Kier alpha value is -2.15. The molecule has 0 aromatic carbocycles. The maximum Gasteiger partial charge on any atom is 0.253 e. The van der Waals surface area contributed by atoms with Crippen LogP contribution in [-0.2, 0) is 9.53 Å². The van der Waals surface area contributed by atoms with Gasteiger partial charge in [-0.2, -0.15) is 0 Å². The van der Waals surface area contributed by atoms with E-state index in [1.807, 2.05) is 6.07 Å². The summed E-state index contributed by atoms with van der Waals surface area (Å²) < 4.78 is 4.90. The van der Waals surface area contributed by atoms with E-state index in [4.69, 9.17) is 4.74 Å². The summed E-state index contributed by atoms with van der Waals surface area (Å²) in [5.74, 6) is -0.159. The van der Waals surface area contributed by atoms with Crippen LogP contribution in [0.25, 0.3) is 0 Å². The Bertz CT molecular complexity index is 487. The third-order valence-corrected chi connectivity index (χ3v) is 3.41. The number of carbonyl (C=O) groups is 2. The van der Waals surface area contributed by atoms with E-state index < -0.39 is 0 Å². The number of rotatable bonds is 6. The Labute approximate surface area is 123 Å². The van der Waals surface area contributed by atoms with Crippen molar-refractivity contribution in [3.8, 4) is 0 Å². The minimum absolute atomic E-state index is 0.159. The van der Waals surface area contributed by atoms with Crippen LogP contribution in [0.15, 0.2) is 18.5 Å². The number of amides is 2. The van der Waals surface area contributed by atoms with Crippen molar-refractivity contribution >= 4 is 18.0 Å². The lowest BCUT2D eigenvalue weighted by Gasteiger charge is -2.34. The lowest BCUT2D eigenvalue weighted by Crippen LogP contribution is -2.45. The van der Waals surface area contributed by atoms with Gasteiger partial charge in [-0.05, 0) is 6.07 Å². The van der Waals surface area contributed by atoms with Gasteiger partial charge < -0.3 is 19.9 Å². The number of methoxy groups -OCH3 is 1. The number of ether oxygens (including phenoxy) is 1. The van der Waals surface area contributed by atoms with Gasteiger partial charge in [0.15, 0.2) is 0 Å². The highest BCUT2D eigenvalue weighted by Gasteiger charge is 2.17. The van der Waals surface area contributed by atoms with E-state index >= 15 is 0 Å². The van der Waals surface area contributed by atoms with Crippen molar-refractivity contribution in [3.05, 3.63) is 24.0 Å². The quantitative estimate of drug-likeness (QED) is 0.577. The highest BCUT2D eigenvalue weighted by Crippen LogP contribution is 2.16. The maximum absolute atomic E-state index is 12.0. The second kappa shape index (κ2) is 7.58. The first-order chi connectivity index (χ1) is 10.2. The molecule has 0 bridgehead atoms. The molecule has 1 aromatic rings. The van der Waals surface area contributed by atoms with Gasteiger partial charge in [0.2, 0.25) is 6.41 Å². The van der Waals surface area contributed by atoms with Crippen molar-refractivity contribution in [2.75, 3.05) is 51.3 Å². The number of piperazine rings is 1. The van der Waals surface area contributed by atoms with E-state index in [9.17, 15) is 9.59 Å². The fraction of sp³-hybridized carbons (Fsp3) is 0.500. The first-order valence-electron chi connectivity index (χ1n) is 6.91. The van der Waals surface area contributed by atoms with Gasteiger partial charge in [-0.15, -0.1) is 0 Å². The van der Waals surface area contributed by atoms with Gasteiger partial charge >= 0.3 is 0 Å². The highest BCUT2D eigenvalue weighted by molar-refractivity contribution is 5.94. The molecule has 21 heavy (non-hydrogen) atoms. The predicted molar refractivity (Wildman–Crippen MR) is 78.3 cm³/mol. The van der Waals surface area contributed by atoms with Crippen LogP contribution in [0.4, 0.5) is 5.69 Å². The summed E-state index contributed by atoms with van der Waals surface area (Å²) in [5.41, 5.74) is 1.43. The molecule has 7 nitrogen and oxygen atoms in total. The zero-order valence-corrected chi connectivity index (χ0v) is 12.1. The second-order valence-electron chi connectivity index (χ2n) is 4.81. The summed E-state index contributed by atoms with van der Waals surface area (Å²) >= 11 is 0. The predicted octanol–water partition coefficient (Wildman–Crippen LogP) is -0.264. The van der Waals surface area contributed by atoms with Crippen molar-refractivity contribution in [2.45, 2.75) is 0 Å². The Kier molecular flexibility index (Phi) is 5.51. The third-order valence-electron chi connectivity index (χ3n) is 3.41. The average molecular weight is 292 g/mol. The molecule has 1 saturated heterocycles. The monoisotopic (exact) mass is 292 g/mol. The SMILES string of the molecule is COCCNC(=O)c1cncc(N2CCN(C=O)CC2)c1. The molecule has 114 valence electrons. The molecule has 0 radical (unpaired) electrons. The summed E-state index contributed by atoms with van der Waals surface area (Å²) in [6, 6.07) is 1.83. The largest absolute Gasteiger partial charge is 0.383 e. The van der Waals surface area contributed by atoms with E-state index in [0.717, 1.165) is 25.2 Å². The van der Waals surface area contributed by atoms with E-state index in [2.05, 4.69) is 15.2 Å². The lowest BCUT2D eigenvalue weighted by molar-refractivity contribution is -0.118. The molecule has 2 rings (SSSR count). The van der Waals surface area contributed by atoms with Gasteiger partial charge in [0, 0.05) is 46.0 Å². The Morgan fingerprint density at radius 3 is 2.81 bits per heavy atom. The molecule has 1 aliphatic heterocycles. The van der Waals surface area contributed by atoms with E-state index in [-0.39, 0.29) is 5.91 Å². The van der Waals surface area contributed by atoms with Gasteiger partial charge in [0.1, 0.15) is 0 Å². The number of nitrogens with one attached hydrogen (secondary N) is 1. The minimum atomic E-state index is -0.159. The zero-order valence-electron chi connectivity index (χ0n) is 12.1. The Morgan fingerprint density at radius 1 is 1.38 bits per heavy atom. The lowest BCUT2D eigenvalue weighted by atomic mass is 10.2. The van der Waals surface area contributed by atoms with E-state index in [1.165, 1.54) is 0 Å². The van der Waals surface area contributed by atoms with Crippen LogP contribution < -0.4 is 10.2 Å². The third kappa shape index (κ3) is 4.16. The number of nitrogens with zero attached hydrogens (tertiary/aromatic N) is 3. The molecular formula is C14H20N4O3. The zero-order chi connectivity index (χ0) is 15.1. The van der Waals surface area contributed by atoms with Crippen molar-refractivity contribution in [1.29, 1.82) is 0 Å². The molecule has 2 amide bonds. The van der Waals surface area contributed by atoms with Crippen LogP contribution in [0.5, 0.6) is 0 Å². The van der Waals surface area contributed by atoms with Crippen LogP contribution in [0.1, 0.15) is 10.4 Å². The smallest absolute Gasteiger partial charge is 0.253 e. The van der Waals surface area contributed by atoms with Crippen LogP contribution in [-0.4, -0.2) is 68.6 Å². The van der Waals surface area contributed by atoms with Gasteiger partial charge in [-0.1, -0.05) is 0 Å². The first kappa shape index (κ1) is 15.2. The molecule has 0 aliphatic carbocycles. The molecule has 7 heteroatoms. The molecule has 0 saturated carbocycles. The molecule has 1 fully saturated rings. The summed E-state index contributed by atoms with van der Waals surface area (Å²) in [6.45, 7) is 3.82. The molecule has 1 aromatic heterocycles. The number of hydrogen-bond acceptors (Lipinski definition) is 5. The summed E-state index contributed by atoms with van der Waals surface area (Å²) in [5, 5.41) is 2.77. The molecule has 0 spiro atoms. The molecule has 2 heterocycles. The highest BCUT2D eigenvalue weighted by atomic mass is 16.5. The normalized spacial score (nSPS) is 14.9. The standard InChI is InChI=1S/C14H20N4O3/c1-21-7-2-16-14(20)12-8-13(10-15-9-12)18-5-3-17(11-19)4-6-18/h8-11H,2-7H2,1H3,(H,16,20). The Balaban J connectivity index is 1.97. The average Bonchev–Trinajstić information content (AvgIpc) is 2.55. The summed E-state index contributed by atoms with van der Waals surface area (Å²) in [4.78, 5) is 30.7.